The van der Waals surface area contributed by atoms with Crippen molar-refractivity contribution >= 4 is 31.7 Å². The quantitative estimate of drug-likeness (QED) is 0.531. The van der Waals surface area contributed by atoms with Crippen LogP contribution < -0.4 is 0 Å². The number of hydrogen-bond donors (Lipinski definition) is 0. The van der Waals surface area contributed by atoms with Gasteiger partial charge in [0.25, 0.3) is 0 Å². The molecular formula is C16H22BrNO3S. The molecule has 0 unspecified atom stereocenters. The van der Waals surface area contributed by atoms with Gasteiger partial charge < -0.3 is 4.90 Å². The van der Waals surface area contributed by atoms with Gasteiger partial charge in [-0.25, -0.2) is 8.42 Å². The van der Waals surface area contributed by atoms with Gasteiger partial charge in [0.2, 0.25) is 5.91 Å². The van der Waals surface area contributed by atoms with Crippen LogP contribution in [0, 0.1) is 0 Å². The Morgan fingerprint density at radius 2 is 1.86 bits per heavy atom. The second-order valence-electron chi connectivity index (χ2n) is 5.63. The number of sulfone groups is 1. The van der Waals surface area contributed by atoms with Crippen molar-refractivity contribution in [3.8, 4) is 0 Å². The maximum Gasteiger partial charge on any atom is 0.243 e. The molecule has 1 rings (SSSR count). The van der Waals surface area contributed by atoms with E-state index in [-0.39, 0.29) is 4.90 Å². The van der Waals surface area contributed by atoms with Crippen molar-refractivity contribution in [3.05, 3.63) is 41.4 Å². The van der Waals surface area contributed by atoms with Crippen LogP contribution in [0.2, 0.25) is 0 Å². The monoisotopic (exact) mass is 387 g/mol. The van der Waals surface area contributed by atoms with E-state index in [9.17, 15) is 13.2 Å². The first kappa shape index (κ1) is 18.9. The minimum atomic E-state index is -3.76. The van der Waals surface area contributed by atoms with Crippen molar-refractivity contribution in [1.29, 1.82) is 0 Å². The Morgan fingerprint density at radius 1 is 1.32 bits per heavy atom. The van der Waals surface area contributed by atoms with Crippen molar-refractivity contribution in [1.82, 2.24) is 4.90 Å². The lowest BCUT2D eigenvalue weighted by atomic mass is 10.1. The molecule has 0 heterocycles. The SMILES string of the molecule is C=CCCCN(C)C(=O)C(C)(C)S(=O)(=O)c1ccc(Br)cc1. The van der Waals surface area contributed by atoms with Crippen molar-refractivity contribution in [3.63, 3.8) is 0 Å². The molecular weight excluding hydrogens is 366 g/mol. The largest absolute Gasteiger partial charge is 0.344 e. The summed E-state index contributed by atoms with van der Waals surface area (Å²) in [6.07, 6.45) is 3.33. The predicted molar refractivity (Wildman–Crippen MR) is 92.5 cm³/mol. The molecule has 0 aliphatic heterocycles. The molecule has 0 N–H and O–H groups in total. The number of halogens is 1. The van der Waals surface area contributed by atoms with Crippen LogP contribution in [0.3, 0.4) is 0 Å². The molecule has 1 aromatic carbocycles. The number of carbonyl (C=O) groups is 1. The van der Waals surface area contributed by atoms with Gasteiger partial charge >= 0.3 is 0 Å². The summed E-state index contributed by atoms with van der Waals surface area (Å²) in [5, 5.41) is 0. The van der Waals surface area contributed by atoms with Crippen molar-refractivity contribution < 1.29 is 13.2 Å². The maximum atomic E-state index is 12.8. The lowest BCUT2D eigenvalue weighted by molar-refractivity contribution is -0.131. The molecule has 6 heteroatoms. The number of nitrogens with zero attached hydrogens (tertiary/aromatic N) is 1. The van der Waals surface area contributed by atoms with Crippen LogP contribution in [-0.4, -0.2) is 37.6 Å². The van der Waals surface area contributed by atoms with E-state index >= 15 is 0 Å². The van der Waals surface area contributed by atoms with E-state index in [1.54, 1.807) is 25.3 Å². The van der Waals surface area contributed by atoms with Crippen LogP contribution in [0.1, 0.15) is 26.7 Å². The molecule has 0 aliphatic rings. The average molecular weight is 388 g/mol. The molecule has 0 saturated carbocycles. The van der Waals surface area contributed by atoms with Gasteiger partial charge in [0, 0.05) is 18.1 Å². The smallest absolute Gasteiger partial charge is 0.243 e. The number of benzene rings is 1. The molecule has 22 heavy (non-hydrogen) atoms. The Morgan fingerprint density at radius 3 is 2.36 bits per heavy atom. The van der Waals surface area contributed by atoms with Crippen molar-refractivity contribution in [2.24, 2.45) is 0 Å². The van der Waals surface area contributed by atoms with Crippen molar-refractivity contribution in [2.45, 2.75) is 36.3 Å². The standard InChI is InChI=1S/C16H22BrNO3S/c1-5-6-7-12-18(4)15(19)16(2,3)22(20,21)14-10-8-13(17)9-11-14/h5,8-11H,1,6-7,12H2,2-4H3. The summed E-state index contributed by atoms with van der Waals surface area (Å²) in [6, 6.07) is 6.32. The van der Waals surface area contributed by atoms with Crippen LogP contribution in [-0.2, 0) is 14.6 Å². The summed E-state index contributed by atoms with van der Waals surface area (Å²) in [5.41, 5.74) is 0. The zero-order valence-electron chi connectivity index (χ0n) is 13.2. The number of unbranched alkanes of at least 4 members (excludes halogenated alkanes) is 1. The first-order valence-electron chi connectivity index (χ1n) is 7.01. The molecule has 0 spiro atoms. The highest BCUT2D eigenvalue weighted by Crippen LogP contribution is 2.28. The third-order valence-corrected chi connectivity index (χ3v) is 6.50. The molecule has 1 aromatic rings. The fourth-order valence-corrected chi connectivity index (χ4v) is 3.79. The Kier molecular flexibility index (Phi) is 6.38. The third kappa shape index (κ3) is 3.98. The summed E-state index contributed by atoms with van der Waals surface area (Å²) in [5.74, 6) is -0.403. The highest BCUT2D eigenvalue weighted by atomic mass is 79.9. The average Bonchev–Trinajstić information content (AvgIpc) is 2.46. The third-order valence-electron chi connectivity index (χ3n) is 3.56. The number of carbonyl (C=O) groups excluding carboxylic acids is 1. The van der Waals surface area contributed by atoms with Gasteiger partial charge in [-0.1, -0.05) is 22.0 Å². The molecule has 0 bridgehead atoms. The molecule has 0 saturated heterocycles. The van der Waals surface area contributed by atoms with Gasteiger partial charge in [-0.15, -0.1) is 6.58 Å². The zero-order valence-corrected chi connectivity index (χ0v) is 15.6. The van der Waals surface area contributed by atoms with Gasteiger partial charge in [-0.05, 0) is 51.0 Å². The first-order valence-corrected chi connectivity index (χ1v) is 9.29. The van der Waals surface area contributed by atoms with Gasteiger partial charge in [0.05, 0.1) is 4.90 Å². The lowest BCUT2D eigenvalue weighted by Gasteiger charge is -2.29. The van der Waals surface area contributed by atoms with Crippen LogP contribution in [0.5, 0.6) is 0 Å². The summed E-state index contributed by atoms with van der Waals surface area (Å²) in [7, 11) is -2.13. The van der Waals surface area contributed by atoms with Gasteiger partial charge in [-0.3, -0.25) is 4.79 Å². The van der Waals surface area contributed by atoms with Gasteiger partial charge in [0.1, 0.15) is 4.75 Å². The van der Waals surface area contributed by atoms with E-state index in [1.807, 2.05) is 0 Å². The molecule has 4 nitrogen and oxygen atoms in total. The van der Waals surface area contributed by atoms with E-state index in [4.69, 9.17) is 0 Å². The Balaban J connectivity index is 3.02. The molecule has 0 aromatic heterocycles. The molecule has 122 valence electrons. The van der Waals surface area contributed by atoms with E-state index in [1.165, 1.54) is 30.9 Å². The summed E-state index contributed by atoms with van der Waals surface area (Å²) < 4.78 is 24.8. The van der Waals surface area contributed by atoms with E-state index in [0.717, 1.165) is 17.3 Å². The minimum absolute atomic E-state index is 0.147. The molecule has 0 radical (unpaired) electrons. The van der Waals surface area contributed by atoms with E-state index in [2.05, 4.69) is 22.5 Å². The maximum absolute atomic E-state index is 12.8. The highest BCUT2D eigenvalue weighted by Gasteiger charge is 2.44. The van der Waals surface area contributed by atoms with E-state index in [0.29, 0.717) is 6.54 Å². The number of amides is 1. The lowest BCUT2D eigenvalue weighted by Crippen LogP contribution is -2.48. The number of hydrogen-bond acceptors (Lipinski definition) is 3. The molecule has 0 fully saturated rings. The summed E-state index contributed by atoms with van der Waals surface area (Å²) >= 11 is 3.27. The summed E-state index contributed by atoms with van der Waals surface area (Å²) in [6.45, 7) is 7.05. The molecule has 0 aliphatic carbocycles. The van der Waals surface area contributed by atoms with E-state index < -0.39 is 20.5 Å². The first-order chi connectivity index (χ1) is 10.1. The zero-order chi connectivity index (χ0) is 17.0. The number of allylic oxidation sites excluding steroid dienone is 1. The van der Waals surface area contributed by atoms with Crippen LogP contribution in [0.15, 0.2) is 46.3 Å². The fraction of sp³-hybridized carbons (Fsp3) is 0.438. The normalized spacial score (nSPS) is 12.0. The van der Waals surface area contributed by atoms with Crippen molar-refractivity contribution in [2.75, 3.05) is 13.6 Å². The van der Waals surface area contributed by atoms with Gasteiger partial charge in [0.15, 0.2) is 9.84 Å². The van der Waals surface area contributed by atoms with Crippen LogP contribution >= 0.6 is 15.9 Å². The predicted octanol–water partition coefficient (Wildman–Crippen LogP) is 3.43. The topological polar surface area (TPSA) is 54.5 Å². The molecule has 1 amide bonds. The van der Waals surface area contributed by atoms with Gasteiger partial charge in [-0.2, -0.15) is 0 Å². The highest BCUT2D eigenvalue weighted by molar-refractivity contribution is 9.10. The Bertz CT molecular complexity index is 636. The van der Waals surface area contributed by atoms with Crippen LogP contribution in [0.4, 0.5) is 0 Å². The second-order valence-corrected chi connectivity index (χ2v) is 9.04. The second kappa shape index (κ2) is 7.42. The summed E-state index contributed by atoms with van der Waals surface area (Å²) in [4.78, 5) is 14.2. The molecule has 0 atom stereocenters. The number of rotatable bonds is 7. The Hall–Kier alpha value is -1.14. The Labute approximate surface area is 141 Å². The minimum Gasteiger partial charge on any atom is -0.344 e. The fourth-order valence-electron chi connectivity index (χ4n) is 2.06. The van der Waals surface area contributed by atoms with Crippen LogP contribution in [0.25, 0.3) is 0 Å².